The summed E-state index contributed by atoms with van der Waals surface area (Å²) >= 11 is 9.32. The SMILES string of the molecule is CC1CS(=O)(=O)CCN1c1ccc(CCl)cc1Br. The van der Waals surface area contributed by atoms with E-state index in [0.717, 1.165) is 15.7 Å². The molecule has 0 spiro atoms. The van der Waals surface area contributed by atoms with Gasteiger partial charge in [0.15, 0.2) is 9.84 Å². The molecule has 1 unspecified atom stereocenters. The molecule has 0 saturated carbocycles. The van der Waals surface area contributed by atoms with Gasteiger partial charge in [-0.25, -0.2) is 8.42 Å². The Morgan fingerprint density at radius 3 is 2.78 bits per heavy atom. The number of hydrogen-bond donors (Lipinski definition) is 0. The standard InChI is InChI=1S/C12H15BrClNO2S/c1-9-8-18(16,17)5-4-15(9)12-3-2-10(7-14)6-11(12)13/h2-3,6,9H,4-5,7-8H2,1H3. The van der Waals surface area contributed by atoms with Gasteiger partial charge >= 0.3 is 0 Å². The van der Waals surface area contributed by atoms with Gasteiger partial charge in [0.05, 0.1) is 17.2 Å². The van der Waals surface area contributed by atoms with E-state index in [4.69, 9.17) is 11.6 Å². The minimum Gasteiger partial charge on any atom is -0.366 e. The van der Waals surface area contributed by atoms with E-state index in [1.165, 1.54) is 0 Å². The van der Waals surface area contributed by atoms with Crippen molar-refractivity contribution < 1.29 is 8.42 Å². The predicted octanol–water partition coefficient (Wildman–Crippen LogP) is 2.81. The maximum atomic E-state index is 11.6. The monoisotopic (exact) mass is 351 g/mol. The smallest absolute Gasteiger partial charge is 0.154 e. The number of nitrogens with zero attached hydrogens (tertiary/aromatic N) is 1. The van der Waals surface area contributed by atoms with Crippen LogP contribution in [0.1, 0.15) is 12.5 Å². The molecular formula is C12H15BrClNO2S. The van der Waals surface area contributed by atoms with E-state index in [1.807, 2.05) is 25.1 Å². The highest BCUT2D eigenvalue weighted by molar-refractivity contribution is 9.10. The summed E-state index contributed by atoms with van der Waals surface area (Å²) in [4.78, 5) is 2.13. The molecule has 1 saturated heterocycles. The minimum atomic E-state index is -2.88. The maximum absolute atomic E-state index is 11.6. The highest BCUT2D eigenvalue weighted by atomic mass is 79.9. The van der Waals surface area contributed by atoms with Crippen LogP contribution in [-0.4, -0.2) is 32.5 Å². The Labute approximate surface area is 121 Å². The Bertz CT molecular complexity index is 547. The lowest BCUT2D eigenvalue weighted by molar-refractivity contribution is 0.568. The highest BCUT2D eigenvalue weighted by Gasteiger charge is 2.29. The van der Waals surface area contributed by atoms with Crippen LogP contribution in [0.4, 0.5) is 5.69 Å². The van der Waals surface area contributed by atoms with Crippen LogP contribution in [0, 0.1) is 0 Å². The van der Waals surface area contributed by atoms with Crippen molar-refractivity contribution in [3.05, 3.63) is 28.2 Å². The average Bonchev–Trinajstić information content (AvgIpc) is 2.29. The Morgan fingerprint density at radius 1 is 1.50 bits per heavy atom. The molecule has 2 rings (SSSR count). The first-order valence-electron chi connectivity index (χ1n) is 5.74. The second-order valence-electron chi connectivity index (χ2n) is 4.58. The quantitative estimate of drug-likeness (QED) is 0.768. The van der Waals surface area contributed by atoms with Crippen molar-refractivity contribution in [3.63, 3.8) is 0 Å². The van der Waals surface area contributed by atoms with E-state index in [-0.39, 0.29) is 17.5 Å². The van der Waals surface area contributed by atoms with Crippen molar-refractivity contribution in [2.24, 2.45) is 0 Å². The number of anilines is 1. The van der Waals surface area contributed by atoms with Crippen molar-refractivity contribution in [3.8, 4) is 0 Å². The second kappa shape index (κ2) is 5.39. The summed E-state index contributed by atoms with van der Waals surface area (Å²) in [6.45, 7) is 2.49. The summed E-state index contributed by atoms with van der Waals surface area (Å²) in [6, 6.07) is 5.96. The molecule has 18 heavy (non-hydrogen) atoms. The molecule has 1 fully saturated rings. The van der Waals surface area contributed by atoms with E-state index in [0.29, 0.717) is 12.4 Å². The molecule has 100 valence electrons. The normalized spacial score (nSPS) is 23.1. The first-order chi connectivity index (χ1) is 8.43. The molecule has 0 aliphatic carbocycles. The number of sulfone groups is 1. The zero-order valence-electron chi connectivity index (χ0n) is 10.1. The van der Waals surface area contributed by atoms with Crippen LogP contribution in [0.5, 0.6) is 0 Å². The summed E-state index contributed by atoms with van der Waals surface area (Å²) in [5.41, 5.74) is 2.08. The van der Waals surface area contributed by atoms with E-state index >= 15 is 0 Å². The molecule has 1 aliphatic heterocycles. The van der Waals surface area contributed by atoms with Gasteiger partial charge in [0.2, 0.25) is 0 Å². The summed E-state index contributed by atoms with van der Waals surface area (Å²) in [7, 11) is -2.88. The van der Waals surface area contributed by atoms with Gasteiger partial charge in [-0.2, -0.15) is 0 Å². The molecular weight excluding hydrogens is 338 g/mol. The van der Waals surface area contributed by atoms with Crippen LogP contribution in [0.25, 0.3) is 0 Å². The lowest BCUT2D eigenvalue weighted by atomic mass is 10.2. The molecule has 1 heterocycles. The fraction of sp³-hybridized carbons (Fsp3) is 0.500. The van der Waals surface area contributed by atoms with Gasteiger partial charge in [0.1, 0.15) is 0 Å². The molecule has 1 aliphatic rings. The number of benzene rings is 1. The molecule has 1 atom stereocenters. The second-order valence-corrected chi connectivity index (χ2v) is 7.93. The largest absolute Gasteiger partial charge is 0.366 e. The van der Waals surface area contributed by atoms with Crippen LogP contribution in [-0.2, 0) is 15.7 Å². The zero-order chi connectivity index (χ0) is 13.3. The average molecular weight is 353 g/mol. The van der Waals surface area contributed by atoms with Crippen LogP contribution in [0.2, 0.25) is 0 Å². The topological polar surface area (TPSA) is 37.4 Å². The number of hydrogen-bond acceptors (Lipinski definition) is 3. The van der Waals surface area contributed by atoms with Crippen molar-refractivity contribution in [1.29, 1.82) is 0 Å². The van der Waals surface area contributed by atoms with Gasteiger partial charge in [-0.05, 0) is 40.5 Å². The number of alkyl halides is 1. The van der Waals surface area contributed by atoms with Gasteiger partial charge in [-0.3, -0.25) is 0 Å². The first-order valence-corrected chi connectivity index (χ1v) is 8.89. The third-order valence-corrected chi connectivity index (χ3v) is 5.88. The third-order valence-electron chi connectivity index (χ3n) is 3.15. The molecule has 0 radical (unpaired) electrons. The summed E-state index contributed by atoms with van der Waals surface area (Å²) < 4.78 is 24.1. The highest BCUT2D eigenvalue weighted by Crippen LogP contribution is 2.31. The fourth-order valence-electron chi connectivity index (χ4n) is 2.22. The van der Waals surface area contributed by atoms with E-state index < -0.39 is 9.84 Å². The third kappa shape index (κ3) is 3.00. The van der Waals surface area contributed by atoms with Crippen molar-refractivity contribution >= 4 is 43.1 Å². The first kappa shape index (κ1) is 14.2. The van der Waals surface area contributed by atoms with E-state index in [1.54, 1.807) is 0 Å². The lowest BCUT2D eigenvalue weighted by Crippen LogP contribution is -2.47. The van der Waals surface area contributed by atoms with Gasteiger partial charge in [0, 0.05) is 22.9 Å². The summed E-state index contributed by atoms with van der Waals surface area (Å²) in [5.74, 6) is 0.917. The number of rotatable bonds is 2. The van der Waals surface area contributed by atoms with E-state index in [9.17, 15) is 8.42 Å². The Morgan fingerprint density at radius 2 is 2.22 bits per heavy atom. The molecule has 0 aromatic heterocycles. The molecule has 6 heteroatoms. The fourth-order valence-corrected chi connectivity index (χ4v) is 4.60. The van der Waals surface area contributed by atoms with Crippen LogP contribution in [0.15, 0.2) is 22.7 Å². The van der Waals surface area contributed by atoms with Gasteiger partial charge < -0.3 is 4.90 Å². The summed E-state index contributed by atoms with van der Waals surface area (Å²) in [5, 5.41) is 0. The van der Waals surface area contributed by atoms with Gasteiger partial charge in [0.25, 0.3) is 0 Å². The van der Waals surface area contributed by atoms with Crippen LogP contribution < -0.4 is 4.90 Å². The molecule has 0 bridgehead atoms. The molecule has 0 N–H and O–H groups in total. The van der Waals surface area contributed by atoms with Crippen LogP contribution >= 0.6 is 27.5 Å². The van der Waals surface area contributed by atoms with Gasteiger partial charge in [-0.1, -0.05) is 6.07 Å². The summed E-state index contributed by atoms with van der Waals surface area (Å²) in [6.07, 6.45) is 0. The zero-order valence-corrected chi connectivity index (χ0v) is 13.2. The van der Waals surface area contributed by atoms with Crippen molar-refractivity contribution in [2.75, 3.05) is 23.0 Å². The van der Waals surface area contributed by atoms with Crippen molar-refractivity contribution in [1.82, 2.24) is 0 Å². The number of halogens is 2. The molecule has 0 amide bonds. The molecule has 3 nitrogen and oxygen atoms in total. The van der Waals surface area contributed by atoms with Gasteiger partial charge in [-0.15, -0.1) is 11.6 Å². The minimum absolute atomic E-state index is 0.00176. The van der Waals surface area contributed by atoms with Crippen LogP contribution in [0.3, 0.4) is 0 Å². The Hall–Kier alpha value is -0.260. The Kier molecular flexibility index (Phi) is 4.24. The Balaban J connectivity index is 2.27. The molecule has 1 aromatic carbocycles. The van der Waals surface area contributed by atoms with Crippen molar-refractivity contribution in [2.45, 2.75) is 18.8 Å². The molecule has 1 aromatic rings. The predicted molar refractivity (Wildman–Crippen MR) is 79.2 cm³/mol. The lowest BCUT2D eigenvalue weighted by Gasteiger charge is -2.35. The maximum Gasteiger partial charge on any atom is 0.154 e. The van der Waals surface area contributed by atoms with E-state index in [2.05, 4.69) is 20.8 Å².